The van der Waals surface area contributed by atoms with Gasteiger partial charge in [0, 0.05) is 30.3 Å². The molecular weight excluding hydrogens is 447 g/mol. The van der Waals surface area contributed by atoms with Crippen molar-refractivity contribution in [3.05, 3.63) is 52.7 Å². The second kappa shape index (κ2) is 8.65. The molecule has 2 aliphatic carbocycles. The van der Waals surface area contributed by atoms with Gasteiger partial charge in [-0.3, -0.25) is 4.79 Å². The Morgan fingerprint density at radius 1 is 1.06 bits per heavy atom. The van der Waals surface area contributed by atoms with E-state index in [1.807, 2.05) is 6.26 Å². The molecular formula is C23H23F5N2OS. The predicted octanol–water partition coefficient (Wildman–Crippen LogP) is 7.24. The van der Waals surface area contributed by atoms with E-state index < -0.39 is 23.6 Å². The lowest BCUT2D eigenvalue weighted by molar-refractivity contribution is -0.138. The average molecular weight is 471 g/mol. The maximum absolute atomic E-state index is 13.8. The van der Waals surface area contributed by atoms with Crippen LogP contribution in [-0.2, 0) is 6.18 Å². The first-order valence-corrected chi connectivity index (χ1v) is 11.7. The van der Waals surface area contributed by atoms with Crippen LogP contribution in [0.1, 0.15) is 77.4 Å². The van der Waals surface area contributed by atoms with Gasteiger partial charge in [-0.1, -0.05) is 6.07 Å². The first kappa shape index (κ1) is 23.0. The minimum atomic E-state index is -4.60. The second-order valence-electron chi connectivity index (χ2n) is 8.47. The summed E-state index contributed by atoms with van der Waals surface area (Å²) in [7, 11) is 0. The van der Waals surface area contributed by atoms with Crippen LogP contribution in [0.4, 0.5) is 27.6 Å². The van der Waals surface area contributed by atoms with Crippen LogP contribution in [0.25, 0.3) is 0 Å². The molecule has 3 nitrogen and oxygen atoms in total. The maximum atomic E-state index is 13.8. The summed E-state index contributed by atoms with van der Waals surface area (Å²) in [5.41, 5.74) is 0.117. The summed E-state index contributed by atoms with van der Waals surface area (Å²) in [6, 6.07) is 5.57. The zero-order valence-electron chi connectivity index (χ0n) is 17.4. The Morgan fingerprint density at radius 3 is 2.31 bits per heavy atom. The number of halogens is 5. The summed E-state index contributed by atoms with van der Waals surface area (Å²) in [6.45, 7) is 0. The topological polar surface area (TPSA) is 42.0 Å². The lowest BCUT2D eigenvalue weighted by Crippen LogP contribution is -2.26. The van der Waals surface area contributed by atoms with E-state index in [9.17, 15) is 26.7 Å². The number of hydrogen-bond donors (Lipinski definition) is 1. The van der Waals surface area contributed by atoms with Crippen LogP contribution in [0.2, 0.25) is 0 Å². The number of amides is 1. The third-order valence-electron chi connectivity index (χ3n) is 6.15. The number of anilines is 1. The highest BCUT2D eigenvalue weighted by molar-refractivity contribution is 7.98. The van der Waals surface area contributed by atoms with Crippen molar-refractivity contribution in [2.24, 2.45) is 0 Å². The maximum Gasteiger partial charge on any atom is 0.416 e. The summed E-state index contributed by atoms with van der Waals surface area (Å²) in [6.07, 6.45) is -0.368. The van der Waals surface area contributed by atoms with E-state index >= 15 is 0 Å². The van der Waals surface area contributed by atoms with Crippen LogP contribution in [0, 0.1) is 0 Å². The van der Waals surface area contributed by atoms with Crippen LogP contribution in [0.5, 0.6) is 0 Å². The number of pyridine rings is 1. The van der Waals surface area contributed by atoms with Crippen molar-refractivity contribution in [3.63, 3.8) is 0 Å². The molecule has 4 rings (SSSR count). The Morgan fingerprint density at radius 2 is 1.72 bits per heavy atom. The molecule has 0 radical (unpaired) electrons. The number of nitrogens with zero attached hydrogens (tertiary/aromatic N) is 1. The fourth-order valence-corrected chi connectivity index (χ4v) is 4.71. The van der Waals surface area contributed by atoms with Crippen molar-refractivity contribution in [2.75, 3.05) is 11.6 Å². The molecule has 1 aromatic carbocycles. The third kappa shape index (κ3) is 5.08. The van der Waals surface area contributed by atoms with Crippen molar-refractivity contribution >= 4 is 23.4 Å². The molecule has 0 unspecified atom stereocenters. The van der Waals surface area contributed by atoms with Gasteiger partial charge in [-0.15, -0.1) is 11.8 Å². The highest BCUT2D eigenvalue weighted by Crippen LogP contribution is 2.49. The minimum absolute atomic E-state index is 0.0977. The Bertz CT molecular complexity index is 1010. The van der Waals surface area contributed by atoms with Gasteiger partial charge >= 0.3 is 6.18 Å². The lowest BCUT2D eigenvalue weighted by Gasteiger charge is -2.30. The first-order chi connectivity index (χ1) is 15.1. The van der Waals surface area contributed by atoms with E-state index in [4.69, 9.17) is 0 Å². The Labute approximate surface area is 187 Å². The highest BCUT2D eigenvalue weighted by atomic mass is 32.2. The first-order valence-electron chi connectivity index (χ1n) is 10.5. The zero-order valence-corrected chi connectivity index (χ0v) is 18.3. The number of carbonyl (C=O) groups is 1. The van der Waals surface area contributed by atoms with E-state index in [0.29, 0.717) is 29.1 Å². The van der Waals surface area contributed by atoms with Gasteiger partial charge < -0.3 is 5.32 Å². The molecule has 2 aliphatic rings. The van der Waals surface area contributed by atoms with Gasteiger partial charge in [0.25, 0.3) is 5.91 Å². The molecule has 1 amide bonds. The van der Waals surface area contributed by atoms with E-state index in [2.05, 4.69) is 10.3 Å². The van der Waals surface area contributed by atoms with Gasteiger partial charge in [0.05, 0.1) is 10.6 Å². The second-order valence-corrected chi connectivity index (χ2v) is 9.30. The average Bonchev–Trinajstić information content (AvgIpc) is 3.57. The summed E-state index contributed by atoms with van der Waals surface area (Å²) in [5.74, 6) is -4.02. The molecule has 32 heavy (non-hydrogen) atoms. The number of nitrogens with one attached hydrogen (secondary N) is 1. The zero-order chi connectivity index (χ0) is 23.1. The normalized spacial score (nSPS) is 19.1. The quantitative estimate of drug-likeness (QED) is 0.370. The van der Waals surface area contributed by atoms with E-state index in [1.165, 1.54) is 24.0 Å². The standard InChI is InChI=1S/C23H23F5N2OS/c1-32-20-10-15(6-9-29-20)30-21(31)18-12-19(23(26,27)28)17(13-2-3-13)11-16(18)14-4-7-22(24,25)8-5-14/h6,9-14H,2-5,7-8H2,1H3,(H,29,30,31). The van der Waals surface area contributed by atoms with Crippen LogP contribution >= 0.6 is 11.8 Å². The van der Waals surface area contributed by atoms with Gasteiger partial charge in [0.1, 0.15) is 0 Å². The Balaban J connectivity index is 1.75. The molecule has 0 aliphatic heterocycles. The molecule has 0 saturated heterocycles. The molecule has 1 aromatic heterocycles. The number of alkyl halides is 5. The summed E-state index contributed by atoms with van der Waals surface area (Å²) in [4.78, 5) is 17.2. The number of carbonyl (C=O) groups excluding carboxylic acids is 1. The predicted molar refractivity (Wildman–Crippen MR) is 114 cm³/mol. The molecule has 2 fully saturated rings. The largest absolute Gasteiger partial charge is 0.416 e. The molecule has 0 atom stereocenters. The van der Waals surface area contributed by atoms with Gasteiger partial charge in [0.15, 0.2) is 0 Å². The fraction of sp³-hybridized carbons (Fsp3) is 0.478. The minimum Gasteiger partial charge on any atom is -0.322 e. The lowest BCUT2D eigenvalue weighted by atomic mass is 9.78. The van der Waals surface area contributed by atoms with Crippen molar-refractivity contribution < 1.29 is 26.7 Å². The van der Waals surface area contributed by atoms with Crippen molar-refractivity contribution in [3.8, 4) is 0 Å². The van der Waals surface area contributed by atoms with E-state index in [-0.39, 0.29) is 48.6 Å². The fourth-order valence-electron chi connectivity index (χ4n) is 4.29. The molecule has 0 spiro atoms. The van der Waals surface area contributed by atoms with Gasteiger partial charge in [-0.25, -0.2) is 13.8 Å². The molecule has 1 heterocycles. The molecule has 1 N–H and O–H groups in total. The number of rotatable bonds is 5. The van der Waals surface area contributed by atoms with Gasteiger partial charge in [0.2, 0.25) is 5.92 Å². The van der Waals surface area contributed by atoms with E-state index in [1.54, 1.807) is 12.1 Å². The highest BCUT2D eigenvalue weighted by Gasteiger charge is 2.41. The van der Waals surface area contributed by atoms with Crippen LogP contribution in [0.15, 0.2) is 35.5 Å². The summed E-state index contributed by atoms with van der Waals surface area (Å²) >= 11 is 1.37. The SMILES string of the molecule is CSc1cc(NC(=O)c2cc(C(F)(F)F)c(C3CC3)cc2C2CCC(F)(F)CC2)ccn1. The smallest absolute Gasteiger partial charge is 0.322 e. The van der Waals surface area contributed by atoms with Crippen molar-refractivity contribution in [1.29, 1.82) is 0 Å². The van der Waals surface area contributed by atoms with Gasteiger partial charge in [-0.2, -0.15) is 13.2 Å². The molecule has 2 saturated carbocycles. The summed E-state index contributed by atoms with van der Waals surface area (Å²) < 4.78 is 68.9. The molecule has 2 aromatic rings. The Hall–Kier alpha value is -2.16. The summed E-state index contributed by atoms with van der Waals surface area (Å²) in [5, 5.41) is 3.31. The van der Waals surface area contributed by atoms with Crippen molar-refractivity contribution in [2.45, 2.75) is 67.5 Å². The van der Waals surface area contributed by atoms with Crippen LogP contribution < -0.4 is 5.32 Å². The monoisotopic (exact) mass is 470 g/mol. The number of thioether (sulfide) groups is 1. The molecule has 0 bridgehead atoms. The van der Waals surface area contributed by atoms with Crippen LogP contribution in [0.3, 0.4) is 0 Å². The molecule has 172 valence electrons. The van der Waals surface area contributed by atoms with Crippen molar-refractivity contribution in [1.82, 2.24) is 4.98 Å². The molecule has 9 heteroatoms. The van der Waals surface area contributed by atoms with E-state index in [0.717, 1.165) is 6.07 Å². The number of hydrogen-bond acceptors (Lipinski definition) is 3. The number of aromatic nitrogens is 1. The van der Waals surface area contributed by atoms with Gasteiger partial charge in [-0.05, 0) is 73.1 Å². The number of benzene rings is 1. The third-order valence-corrected chi connectivity index (χ3v) is 6.79. The Kier molecular flexibility index (Phi) is 6.22. The van der Waals surface area contributed by atoms with Crippen LogP contribution in [-0.4, -0.2) is 23.1 Å².